The van der Waals surface area contributed by atoms with Gasteiger partial charge in [-0.15, -0.1) is 0 Å². The summed E-state index contributed by atoms with van der Waals surface area (Å²) in [6.07, 6.45) is 3.49. The number of carbonyl (C=O) groups excluding carboxylic acids is 5. The molecular weight excluding hydrogens is 1130 g/mol. The van der Waals surface area contributed by atoms with Crippen LogP contribution in [-0.2, 0) is 23.7 Å². The van der Waals surface area contributed by atoms with Crippen LogP contribution in [0, 0.1) is 0 Å². The summed E-state index contributed by atoms with van der Waals surface area (Å²) in [6, 6.07) is 22.1. The van der Waals surface area contributed by atoms with Crippen molar-refractivity contribution >= 4 is 62.9 Å². The van der Waals surface area contributed by atoms with Crippen molar-refractivity contribution in [2.24, 2.45) is 0 Å². The topological polar surface area (TPSA) is 245 Å². The largest absolute Gasteiger partial charge is 0.493 e. The number of nitrogens with one attached hydrogen (secondary N) is 2. The Labute approximate surface area is 505 Å². The highest BCUT2D eigenvalue weighted by molar-refractivity contribution is 8.77. The van der Waals surface area contributed by atoms with Crippen LogP contribution in [0.1, 0.15) is 103 Å². The van der Waals surface area contributed by atoms with E-state index in [4.69, 9.17) is 49.4 Å². The molecule has 9 rings (SSSR count). The molecule has 0 aromatic heterocycles. The first-order valence-corrected chi connectivity index (χ1v) is 31.3. The number of carbonyl (C=O) groups is 5. The third-order valence-corrected chi connectivity index (χ3v) is 19.0. The van der Waals surface area contributed by atoms with Gasteiger partial charge in [0, 0.05) is 74.4 Å². The third-order valence-electron chi connectivity index (χ3n) is 15.7. The summed E-state index contributed by atoms with van der Waals surface area (Å²) >= 11 is 0. The minimum atomic E-state index is -0.785. The average Bonchev–Trinajstić information content (AvgIpc) is 3.62. The number of unbranched alkanes of at least 4 members (excludes halogenated alkanes) is 2. The lowest BCUT2D eigenvalue weighted by molar-refractivity contribution is -0.120. The van der Waals surface area contributed by atoms with Crippen molar-refractivity contribution < 1.29 is 61.9 Å². The first-order valence-electron chi connectivity index (χ1n) is 29.0. The number of benzene rings is 4. The highest BCUT2D eigenvalue weighted by atomic mass is 33.1. The molecule has 1 aliphatic carbocycles. The van der Waals surface area contributed by atoms with Crippen LogP contribution in [0.2, 0.25) is 0 Å². The fraction of sp³-hybridized carbons (Fsp3) is 0.476. The van der Waals surface area contributed by atoms with Crippen LogP contribution in [0.5, 0.6) is 23.0 Å². The second-order valence-corrected chi connectivity index (χ2v) is 25.5. The first kappa shape index (κ1) is 62.3. The van der Waals surface area contributed by atoms with Crippen LogP contribution in [-0.4, -0.2) is 166 Å². The number of methoxy groups -OCH3 is 2. The lowest BCUT2D eigenvalue weighted by atomic mass is 9.98. The number of fused-ring (bicyclic) bond motifs is 3. The summed E-state index contributed by atoms with van der Waals surface area (Å²) in [5.74, 6) is 1.35. The standard InChI is InChI=1S/C63H79N7O13S2/c1-39-29-50(52-19-14-26-78-52)69(35-39)58(72)45-31-53(76-5)55(33-48(45)64)79-24-12-7-13-25-80-56-34-49(65)46(32-54(56)77-6)59(73)70-36-40(2)30-51(70)60-68(23-27-81-60)62(75)83-38-63(3,4)85-84-28-20-57(71)66-21-22-67-61(74)82-37-47-43-17-10-8-15-41(43)42-16-9-11-18-44(42)47/h8-11,15-18,31-34,47,50-52,60H,1-2,7,12-14,19-30,35-38,64-65H2,3-6H3,(H,66,71)(H,67,74)/t50-,51-,52?,60?/m0/s1. The van der Waals surface area contributed by atoms with Gasteiger partial charge in [0.1, 0.15) is 13.2 Å². The van der Waals surface area contributed by atoms with Crippen molar-refractivity contribution in [3.63, 3.8) is 0 Å². The maximum absolute atomic E-state index is 14.4. The van der Waals surface area contributed by atoms with Crippen molar-refractivity contribution in [3.8, 4) is 34.1 Å². The number of ether oxygens (including phenoxy) is 8. The minimum Gasteiger partial charge on any atom is -0.493 e. The quantitative estimate of drug-likeness (QED) is 0.0198. The van der Waals surface area contributed by atoms with Crippen LogP contribution in [0.15, 0.2) is 97.1 Å². The zero-order valence-corrected chi connectivity index (χ0v) is 50.6. The molecule has 5 aliphatic rings. The molecule has 4 aromatic carbocycles. The van der Waals surface area contributed by atoms with E-state index >= 15 is 0 Å². The molecule has 4 aliphatic heterocycles. The Morgan fingerprint density at radius 2 is 1.28 bits per heavy atom. The normalized spacial score (nSPS) is 19.2. The van der Waals surface area contributed by atoms with Gasteiger partial charge in [-0.05, 0) is 93.2 Å². The number of hydrogen-bond acceptors (Lipinski definition) is 17. The molecule has 0 spiro atoms. The molecule has 20 nitrogen and oxygen atoms in total. The summed E-state index contributed by atoms with van der Waals surface area (Å²) in [5.41, 5.74) is 20.5. The summed E-state index contributed by atoms with van der Waals surface area (Å²) in [6.45, 7) is 15.7. The molecule has 4 fully saturated rings. The lowest BCUT2D eigenvalue weighted by Gasteiger charge is -2.33. The molecule has 456 valence electrons. The molecule has 4 heterocycles. The van der Waals surface area contributed by atoms with Gasteiger partial charge in [0.05, 0.1) is 74.6 Å². The third kappa shape index (κ3) is 15.2. The zero-order chi connectivity index (χ0) is 60.2. The summed E-state index contributed by atoms with van der Waals surface area (Å²) in [5, 5.41) is 5.56. The predicted molar refractivity (Wildman–Crippen MR) is 328 cm³/mol. The Morgan fingerprint density at radius 1 is 0.706 bits per heavy atom. The van der Waals surface area contributed by atoms with Gasteiger partial charge >= 0.3 is 12.2 Å². The van der Waals surface area contributed by atoms with Crippen LogP contribution >= 0.6 is 21.6 Å². The van der Waals surface area contributed by atoms with E-state index in [0.717, 1.165) is 52.7 Å². The van der Waals surface area contributed by atoms with E-state index in [9.17, 15) is 24.0 Å². The number of anilines is 2. The second kappa shape index (κ2) is 28.7. The van der Waals surface area contributed by atoms with Gasteiger partial charge in [-0.25, -0.2) is 9.59 Å². The molecule has 6 N–H and O–H groups in total. The van der Waals surface area contributed by atoms with E-state index in [0.29, 0.717) is 92.1 Å². The molecular formula is C63H79N7O13S2. The molecule has 0 bridgehead atoms. The number of alkyl carbamates (subject to hydrolysis) is 1. The van der Waals surface area contributed by atoms with E-state index in [-0.39, 0.29) is 99.5 Å². The Hall–Kier alpha value is -7.27. The molecule has 22 heteroatoms. The number of nitrogen functional groups attached to an aromatic ring is 2. The highest BCUT2D eigenvalue weighted by Crippen LogP contribution is 2.45. The van der Waals surface area contributed by atoms with Gasteiger partial charge in [0.25, 0.3) is 11.8 Å². The Bertz CT molecular complexity index is 3060. The van der Waals surface area contributed by atoms with Crippen molar-refractivity contribution in [2.45, 2.75) is 100 Å². The zero-order valence-electron chi connectivity index (χ0n) is 49.0. The molecule has 85 heavy (non-hydrogen) atoms. The van der Waals surface area contributed by atoms with Crippen molar-refractivity contribution in [1.82, 2.24) is 25.3 Å². The van der Waals surface area contributed by atoms with Gasteiger partial charge in [-0.2, -0.15) is 0 Å². The second-order valence-electron chi connectivity index (χ2n) is 22.4. The number of nitrogens with zero attached hydrogens (tertiary/aromatic N) is 3. The van der Waals surface area contributed by atoms with E-state index < -0.39 is 29.2 Å². The SMILES string of the molecule is C=C1C[C@@H](C2CCCO2)N(C(=O)c2cc(OC)c(OCCCCCOc3cc(N)c(C(=O)N4CC(=C)C[C@H]4C4OCCN4C(=O)OCC(C)(C)SSCCC(=O)NCCNC(=O)OCC4c5ccccc5-c5ccccc54)cc3OC)cc2N)C1. The Morgan fingerprint density at radius 3 is 1.87 bits per heavy atom. The van der Waals surface area contributed by atoms with Crippen molar-refractivity contribution in [1.29, 1.82) is 0 Å². The van der Waals surface area contributed by atoms with Gasteiger partial charge in [0.15, 0.2) is 29.2 Å². The number of likely N-dealkylation sites (tertiary alicyclic amines) is 2. The van der Waals surface area contributed by atoms with E-state index in [1.807, 2.05) is 43.0 Å². The first-order chi connectivity index (χ1) is 41.0. The van der Waals surface area contributed by atoms with E-state index in [1.165, 1.54) is 40.7 Å². The number of amides is 5. The molecule has 4 aromatic rings. The molecule has 4 atom stereocenters. The summed E-state index contributed by atoms with van der Waals surface area (Å²) in [4.78, 5) is 72.0. The van der Waals surface area contributed by atoms with Crippen molar-refractivity contribution in [2.75, 3.05) is 104 Å². The molecule has 2 unspecified atom stereocenters. The lowest BCUT2D eigenvalue weighted by Crippen LogP contribution is -2.51. The molecule has 0 saturated carbocycles. The van der Waals surface area contributed by atoms with Gasteiger partial charge < -0.3 is 69.8 Å². The molecule has 4 saturated heterocycles. The number of hydrogen-bond donors (Lipinski definition) is 4. The van der Waals surface area contributed by atoms with Crippen molar-refractivity contribution in [3.05, 3.63) is 119 Å². The number of rotatable bonds is 26. The van der Waals surface area contributed by atoms with Crippen LogP contribution in [0.4, 0.5) is 21.0 Å². The summed E-state index contributed by atoms with van der Waals surface area (Å²) in [7, 11) is 6.03. The Kier molecular flexibility index (Phi) is 21.1. The van der Waals surface area contributed by atoms with Crippen LogP contribution in [0.3, 0.4) is 0 Å². The van der Waals surface area contributed by atoms with Gasteiger partial charge in [0.2, 0.25) is 5.91 Å². The minimum absolute atomic E-state index is 0.0118. The average molecular weight is 1210 g/mol. The Balaban J connectivity index is 0.669. The molecule has 5 amide bonds. The fourth-order valence-electron chi connectivity index (χ4n) is 11.5. The maximum Gasteiger partial charge on any atom is 0.412 e. The van der Waals surface area contributed by atoms with Gasteiger partial charge in [-0.3, -0.25) is 19.3 Å². The maximum atomic E-state index is 14.4. The molecule has 0 radical (unpaired) electrons. The fourth-order valence-corrected chi connectivity index (χ4v) is 13.9. The highest BCUT2D eigenvalue weighted by Gasteiger charge is 2.46. The monoisotopic (exact) mass is 1210 g/mol. The number of nitrogens with two attached hydrogens (primary N) is 2. The smallest absolute Gasteiger partial charge is 0.412 e. The van der Waals surface area contributed by atoms with E-state index in [1.54, 1.807) is 29.2 Å². The summed E-state index contributed by atoms with van der Waals surface area (Å²) < 4.78 is 46.6. The van der Waals surface area contributed by atoms with Crippen LogP contribution < -0.4 is 41.0 Å². The van der Waals surface area contributed by atoms with Gasteiger partial charge in [-0.1, -0.05) is 94.4 Å². The van der Waals surface area contributed by atoms with Crippen LogP contribution in [0.25, 0.3) is 11.1 Å². The van der Waals surface area contributed by atoms with E-state index in [2.05, 4.69) is 48.1 Å². The predicted octanol–water partition coefficient (Wildman–Crippen LogP) is 9.22.